The van der Waals surface area contributed by atoms with Crippen molar-refractivity contribution in [3.8, 4) is 0 Å². The van der Waals surface area contributed by atoms with Gasteiger partial charge in [0.2, 0.25) is 0 Å². The second-order valence-electron chi connectivity index (χ2n) is 1.70. The van der Waals surface area contributed by atoms with E-state index in [4.69, 9.17) is 23.2 Å². The Bertz CT molecular complexity index is 196. The third-order valence-electron chi connectivity index (χ3n) is 1.06. The normalized spacial score (nSPS) is 16.5. The molecule has 57 valence electrons. The van der Waals surface area contributed by atoms with Gasteiger partial charge >= 0.3 is 0 Å². The van der Waals surface area contributed by atoms with Crippen molar-refractivity contribution in [3.63, 3.8) is 0 Å². The number of rotatable bonds is 0. The van der Waals surface area contributed by atoms with Crippen molar-refractivity contribution >= 4 is 23.2 Å². The van der Waals surface area contributed by atoms with Gasteiger partial charge in [0.15, 0.2) is 0 Å². The van der Waals surface area contributed by atoms with Crippen LogP contribution in [0.4, 0.5) is 0 Å². The SMILES string of the molecule is C=C1[C](Cl)C=CC=C1Cl.[Cl-].[Zn]. The third-order valence-corrected chi connectivity index (χ3v) is 1.77. The Hall–Kier alpha value is 0.713. The number of hydrogen-bond donors (Lipinski definition) is 0. The minimum Gasteiger partial charge on any atom is -1.00 e. The summed E-state index contributed by atoms with van der Waals surface area (Å²) in [6, 6.07) is 0. The average molecular weight is 261 g/mol. The smallest absolute Gasteiger partial charge is 0.115 e. The van der Waals surface area contributed by atoms with Gasteiger partial charge in [0, 0.05) is 24.5 Å². The molecule has 0 heterocycles. The van der Waals surface area contributed by atoms with Gasteiger partial charge < -0.3 is 12.4 Å². The molecule has 0 spiro atoms. The molecule has 11 heavy (non-hydrogen) atoms. The summed E-state index contributed by atoms with van der Waals surface area (Å²) in [5, 5.41) is 1.23. The molecule has 0 aliphatic heterocycles. The Kier molecular flexibility index (Phi) is 8.10. The maximum Gasteiger partial charge on any atom is 0.115 e. The van der Waals surface area contributed by atoms with E-state index in [1.807, 2.05) is 0 Å². The van der Waals surface area contributed by atoms with Crippen LogP contribution in [0, 0.1) is 5.38 Å². The van der Waals surface area contributed by atoms with Crippen LogP contribution in [-0.2, 0) is 19.5 Å². The van der Waals surface area contributed by atoms with Gasteiger partial charge in [-0.2, -0.15) is 0 Å². The molecule has 0 aromatic carbocycles. The Morgan fingerprint density at radius 3 is 2.18 bits per heavy atom. The molecule has 4 heteroatoms. The van der Waals surface area contributed by atoms with E-state index in [9.17, 15) is 0 Å². The number of halogens is 3. The summed E-state index contributed by atoms with van der Waals surface area (Å²) in [6.07, 6.45) is 5.31. The molecule has 0 saturated carbocycles. The van der Waals surface area contributed by atoms with Crippen LogP contribution in [0.2, 0.25) is 0 Å². The van der Waals surface area contributed by atoms with Crippen molar-refractivity contribution in [3.05, 3.63) is 40.8 Å². The summed E-state index contributed by atoms with van der Waals surface area (Å²) < 4.78 is 0. The van der Waals surface area contributed by atoms with Crippen LogP contribution in [0.1, 0.15) is 0 Å². The molecule has 0 nitrogen and oxygen atoms in total. The van der Waals surface area contributed by atoms with E-state index < -0.39 is 0 Å². The molecule has 0 aromatic rings. The van der Waals surface area contributed by atoms with E-state index in [0.29, 0.717) is 16.0 Å². The molecule has 0 amide bonds. The zero-order chi connectivity index (χ0) is 6.85. The number of allylic oxidation sites excluding steroid dienone is 5. The van der Waals surface area contributed by atoms with Gasteiger partial charge in [-0.05, 0) is 11.6 Å². The van der Waals surface area contributed by atoms with Crippen LogP contribution in [0.15, 0.2) is 35.4 Å². The Labute approximate surface area is 95.5 Å². The topological polar surface area (TPSA) is 0 Å². The Morgan fingerprint density at radius 1 is 1.27 bits per heavy atom. The summed E-state index contributed by atoms with van der Waals surface area (Å²) in [5.74, 6) is 0. The van der Waals surface area contributed by atoms with E-state index in [1.54, 1.807) is 18.2 Å². The summed E-state index contributed by atoms with van der Waals surface area (Å²) in [4.78, 5) is 0. The molecular weight excluding hydrogens is 256 g/mol. The summed E-state index contributed by atoms with van der Waals surface area (Å²) in [6.45, 7) is 3.66. The van der Waals surface area contributed by atoms with Crippen molar-refractivity contribution in [2.45, 2.75) is 0 Å². The molecule has 0 N–H and O–H groups in total. The molecule has 0 atom stereocenters. The van der Waals surface area contributed by atoms with Gasteiger partial charge in [0.05, 0.1) is 0 Å². The van der Waals surface area contributed by atoms with Gasteiger partial charge in [-0.1, -0.05) is 30.3 Å². The van der Waals surface area contributed by atoms with Gasteiger partial charge in [-0.3, -0.25) is 0 Å². The van der Waals surface area contributed by atoms with Crippen LogP contribution in [0.5, 0.6) is 0 Å². The monoisotopic (exact) mass is 258 g/mol. The maximum atomic E-state index is 5.67. The van der Waals surface area contributed by atoms with E-state index in [2.05, 4.69) is 6.58 Å². The first-order valence-electron chi connectivity index (χ1n) is 2.48. The molecular formula is C7H5Cl3Zn-. The molecule has 1 radical (unpaired) electrons. The minimum absolute atomic E-state index is 0. The van der Waals surface area contributed by atoms with Crippen LogP contribution in [-0.4, -0.2) is 0 Å². The predicted octanol–water partition coefficient (Wildman–Crippen LogP) is 0.00739. The number of hydrogen-bond acceptors (Lipinski definition) is 0. The molecule has 0 bridgehead atoms. The molecule has 1 aliphatic carbocycles. The van der Waals surface area contributed by atoms with Gasteiger partial charge in [-0.15, -0.1) is 11.6 Å². The second-order valence-corrected chi connectivity index (χ2v) is 2.51. The predicted molar refractivity (Wildman–Crippen MR) is 41.3 cm³/mol. The largest absolute Gasteiger partial charge is 1.00 e. The van der Waals surface area contributed by atoms with Crippen LogP contribution in [0.3, 0.4) is 0 Å². The molecule has 0 unspecified atom stereocenters. The first-order chi connectivity index (χ1) is 4.22. The minimum atomic E-state index is 0. The zero-order valence-corrected chi connectivity index (χ0v) is 11.0. The molecule has 1 rings (SSSR count). The van der Waals surface area contributed by atoms with Gasteiger partial charge in [0.1, 0.15) is 5.38 Å². The maximum absolute atomic E-state index is 5.67. The van der Waals surface area contributed by atoms with E-state index in [-0.39, 0.29) is 31.9 Å². The van der Waals surface area contributed by atoms with E-state index >= 15 is 0 Å². The quantitative estimate of drug-likeness (QED) is 0.539. The first kappa shape index (κ1) is 14.2. The zero-order valence-electron chi connectivity index (χ0n) is 5.78. The van der Waals surface area contributed by atoms with E-state index in [0.717, 1.165) is 0 Å². The van der Waals surface area contributed by atoms with Crippen molar-refractivity contribution in [2.24, 2.45) is 0 Å². The average Bonchev–Trinajstić information content (AvgIpc) is 1.83. The van der Waals surface area contributed by atoms with Crippen molar-refractivity contribution in [1.29, 1.82) is 0 Å². The Morgan fingerprint density at radius 2 is 1.82 bits per heavy atom. The molecule has 1 aliphatic rings. The fraction of sp³-hybridized carbons (Fsp3) is 0. The standard InChI is InChI=1S/C7H5Cl2.ClH.Zn/c1-5-6(8)3-2-4-7(5)9;;/h2-4H,1H2;1H;/p-1. The van der Waals surface area contributed by atoms with Gasteiger partial charge in [-0.25, -0.2) is 0 Å². The third kappa shape index (κ3) is 3.76. The second kappa shape index (κ2) is 6.25. The Balaban J connectivity index is 0. The van der Waals surface area contributed by atoms with Crippen LogP contribution >= 0.6 is 23.2 Å². The fourth-order valence-corrected chi connectivity index (χ4v) is 0.930. The van der Waals surface area contributed by atoms with Crippen molar-refractivity contribution in [2.75, 3.05) is 0 Å². The van der Waals surface area contributed by atoms with Gasteiger partial charge in [0.25, 0.3) is 0 Å². The van der Waals surface area contributed by atoms with Crippen LogP contribution in [0.25, 0.3) is 0 Å². The fourth-order valence-electron chi connectivity index (χ4n) is 0.532. The first-order valence-corrected chi connectivity index (χ1v) is 3.23. The van der Waals surface area contributed by atoms with Crippen molar-refractivity contribution < 1.29 is 31.9 Å². The summed E-state index contributed by atoms with van der Waals surface area (Å²) in [7, 11) is 0. The molecule has 0 fully saturated rings. The molecule has 0 saturated heterocycles. The summed E-state index contributed by atoms with van der Waals surface area (Å²) >= 11 is 11.3. The molecule has 0 aromatic heterocycles. The van der Waals surface area contributed by atoms with Crippen LogP contribution < -0.4 is 12.4 Å². The summed E-state index contributed by atoms with van der Waals surface area (Å²) in [5.41, 5.74) is 0.695. The van der Waals surface area contributed by atoms with Crippen molar-refractivity contribution in [1.82, 2.24) is 0 Å². The van der Waals surface area contributed by atoms with E-state index in [1.165, 1.54) is 0 Å².